The molecule has 0 aromatic heterocycles. The first-order valence-corrected chi connectivity index (χ1v) is 12.2. The van der Waals surface area contributed by atoms with Gasteiger partial charge in [0.25, 0.3) is 0 Å². The average molecular weight is 427 g/mol. The third kappa shape index (κ3) is 1.84. The topological polar surface area (TPSA) is 0 Å². The molecule has 2 saturated heterocycles. The third-order valence-electron chi connectivity index (χ3n) is 2.84. The number of hydrogen-bond donors (Lipinski definition) is 0. The van der Waals surface area contributed by atoms with Crippen molar-refractivity contribution in [3.05, 3.63) is 0 Å². The molecule has 0 saturated carbocycles. The number of rotatable bonds is 0. The van der Waals surface area contributed by atoms with Crippen molar-refractivity contribution in [1.29, 1.82) is 0 Å². The van der Waals surface area contributed by atoms with Crippen LogP contribution >= 0.6 is 46.0 Å². The number of fused-ring (bicyclic) bond motifs is 2. The fraction of sp³-hybridized carbons (Fsp3) is 1.00. The maximum absolute atomic E-state index is 3.98. The summed E-state index contributed by atoms with van der Waals surface area (Å²) in [6, 6.07) is 0. The quantitative estimate of drug-likeness (QED) is 0.402. The molecule has 4 atom stereocenters. The molecule has 0 amide bonds. The molecule has 2 fully saturated rings. The van der Waals surface area contributed by atoms with Crippen molar-refractivity contribution in [3.8, 4) is 0 Å². The molecule has 2 bridgehead atoms. The van der Waals surface area contributed by atoms with Gasteiger partial charge in [0, 0.05) is 0 Å². The van der Waals surface area contributed by atoms with Crippen LogP contribution in [0.2, 0.25) is 9.63 Å². The first kappa shape index (κ1) is 10.5. The second kappa shape index (κ2) is 4.22. The van der Waals surface area contributed by atoms with Gasteiger partial charge in [-0.1, -0.05) is 0 Å². The van der Waals surface area contributed by atoms with E-state index in [2.05, 4.69) is 46.0 Å². The summed E-state index contributed by atoms with van der Waals surface area (Å²) in [7, 11) is 0. The zero-order valence-electron chi connectivity index (χ0n) is 6.68. The first-order valence-electron chi connectivity index (χ1n) is 4.36. The minimum atomic E-state index is -0.478. The van der Waals surface area contributed by atoms with Crippen LogP contribution in [0.25, 0.3) is 0 Å². The second-order valence-corrected chi connectivity index (χ2v) is 13.7. The molecule has 70 valence electrons. The molecule has 0 nitrogen and oxygen atoms in total. The normalized spacial score (nSPS) is 53.8. The average Bonchev–Trinajstić information content (AvgIpc) is 2.01. The van der Waals surface area contributed by atoms with Crippen LogP contribution in [0.1, 0.15) is 25.7 Å². The fourth-order valence-electron chi connectivity index (χ4n) is 2.11. The summed E-state index contributed by atoms with van der Waals surface area (Å²) < 4.78 is 0. The van der Waals surface area contributed by atoms with Gasteiger partial charge in [-0.15, -0.1) is 0 Å². The van der Waals surface area contributed by atoms with Crippen molar-refractivity contribution in [2.24, 2.45) is 0 Å². The van der Waals surface area contributed by atoms with Gasteiger partial charge in [-0.2, -0.15) is 0 Å². The fourth-order valence-corrected chi connectivity index (χ4v) is 17.5. The summed E-state index contributed by atoms with van der Waals surface area (Å²) in [5.41, 5.74) is 0. The first-order chi connectivity index (χ1) is 5.70. The van der Waals surface area contributed by atoms with Crippen molar-refractivity contribution in [2.75, 3.05) is 0 Å². The van der Waals surface area contributed by atoms with Crippen molar-refractivity contribution in [3.63, 3.8) is 0 Å². The minimum absolute atomic E-state index is 0.478. The Balaban J connectivity index is 2.12. The van der Waals surface area contributed by atoms with E-state index in [1.165, 1.54) is 25.7 Å². The van der Waals surface area contributed by atoms with E-state index in [9.17, 15) is 0 Å². The van der Waals surface area contributed by atoms with E-state index in [0.717, 1.165) is 19.3 Å². The molecule has 2 rings (SSSR count). The summed E-state index contributed by atoms with van der Waals surface area (Å²) in [5, 5.41) is 0. The summed E-state index contributed by atoms with van der Waals surface area (Å²) in [5.74, 6) is 0. The van der Waals surface area contributed by atoms with Gasteiger partial charge in [-0.05, 0) is 0 Å². The van der Waals surface area contributed by atoms with E-state index in [0.29, 0.717) is 0 Å². The van der Waals surface area contributed by atoms with Crippen LogP contribution in [0, 0.1) is 0 Å². The van der Waals surface area contributed by atoms with E-state index in [-0.39, 0.29) is 0 Å². The van der Waals surface area contributed by atoms with Gasteiger partial charge >= 0.3 is 103 Å². The standard InChI is InChI=1S/C8H12Br3Se/c9-5-1-3-7-6(10)2-4-8(5)12(7)11/h5-8H,1-4H2/q+1/t5-,6-,7-,8-/m0/s1. The van der Waals surface area contributed by atoms with E-state index in [1.807, 2.05) is 0 Å². The molecule has 4 heteroatoms. The maximum atomic E-state index is 3.98. The number of alkyl halides is 2. The predicted octanol–water partition coefficient (Wildman–Crippen LogP) is 4.23. The Kier molecular flexibility index (Phi) is 3.68. The Morgan fingerprint density at radius 2 is 1.25 bits per heavy atom. The molecule has 0 N–H and O–H groups in total. The molecule has 12 heavy (non-hydrogen) atoms. The Bertz CT molecular complexity index is 158. The van der Waals surface area contributed by atoms with E-state index in [1.54, 1.807) is 0 Å². The Labute approximate surface area is 102 Å². The SMILES string of the molecule is Br[C@H]1CC[C@H]2[C@@H](Br)CC[C@@H]1[Se+]2Br. The zero-order valence-corrected chi connectivity index (χ0v) is 13.2. The van der Waals surface area contributed by atoms with Crippen LogP contribution in [-0.2, 0) is 0 Å². The molecule has 2 aliphatic heterocycles. The summed E-state index contributed by atoms with van der Waals surface area (Å²) in [6.45, 7) is 0. The Morgan fingerprint density at radius 1 is 0.833 bits per heavy atom. The van der Waals surface area contributed by atoms with Gasteiger partial charge in [-0.3, -0.25) is 0 Å². The Morgan fingerprint density at radius 3 is 1.67 bits per heavy atom. The molecule has 2 aliphatic rings. The van der Waals surface area contributed by atoms with E-state index < -0.39 is 12.1 Å². The second-order valence-electron chi connectivity index (χ2n) is 3.58. The molecule has 0 aromatic carbocycles. The van der Waals surface area contributed by atoms with Crippen LogP contribution in [-0.4, -0.2) is 21.7 Å². The van der Waals surface area contributed by atoms with Crippen LogP contribution in [0.5, 0.6) is 0 Å². The van der Waals surface area contributed by atoms with Crippen molar-refractivity contribution >= 4 is 58.1 Å². The van der Waals surface area contributed by atoms with Gasteiger partial charge in [0.2, 0.25) is 0 Å². The Hall–Kier alpha value is 1.96. The van der Waals surface area contributed by atoms with Gasteiger partial charge in [0.15, 0.2) is 0 Å². The van der Waals surface area contributed by atoms with Crippen molar-refractivity contribution in [1.82, 2.24) is 0 Å². The molecule has 0 radical (unpaired) electrons. The van der Waals surface area contributed by atoms with Gasteiger partial charge in [-0.25, -0.2) is 0 Å². The molecule has 0 spiro atoms. The molecule has 0 aromatic rings. The van der Waals surface area contributed by atoms with Crippen molar-refractivity contribution in [2.45, 2.75) is 45.0 Å². The van der Waals surface area contributed by atoms with Crippen LogP contribution in [0.15, 0.2) is 0 Å². The monoisotopic (exact) mass is 425 g/mol. The third-order valence-corrected chi connectivity index (χ3v) is 16.4. The summed E-state index contributed by atoms with van der Waals surface area (Å²) in [6.07, 6.45) is 5.64. The van der Waals surface area contributed by atoms with Gasteiger partial charge < -0.3 is 0 Å². The summed E-state index contributed by atoms with van der Waals surface area (Å²) >= 11 is 11.1. The van der Waals surface area contributed by atoms with E-state index in [4.69, 9.17) is 0 Å². The number of hydrogen-bond acceptors (Lipinski definition) is 0. The molecule has 0 unspecified atom stereocenters. The predicted molar refractivity (Wildman–Crippen MR) is 66.1 cm³/mol. The van der Waals surface area contributed by atoms with Gasteiger partial charge in [0.05, 0.1) is 0 Å². The summed E-state index contributed by atoms with van der Waals surface area (Å²) in [4.78, 5) is 3.63. The molecular formula is C8H12Br3Se+. The zero-order chi connectivity index (χ0) is 8.72. The molecule has 0 aliphatic carbocycles. The number of halogens is 3. The van der Waals surface area contributed by atoms with Crippen LogP contribution < -0.4 is 0 Å². The van der Waals surface area contributed by atoms with Gasteiger partial charge in [0.1, 0.15) is 0 Å². The van der Waals surface area contributed by atoms with Crippen molar-refractivity contribution < 1.29 is 0 Å². The molecule has 2 heterocycles. The van der Waals surface area contributed by atoms with E-state index >= 15 is 0 Å². The van der Waals surface area contributed by atoms with Crippen LogP contribution in [0.3, 0.4) is 0 Å². The van der Waals surface area contributed by atoms with Crippen LogP contribution in [0.4, 0.5) is 0 Å². The molecular weight excluding hydrogens is 415 g/mol.